The molecule has 0 saturated carbocycles. The molecular weight excluding hydrogens is 358 g/mol. The van der Waals surface area contributed by atoms with Crippen LogP contribution in [0.5, 0.6) is 11.5 Å². The van der Waals surface area contributed by atoms with Crippen LogP contribution in [0.25, 0.3) is 10.8 Å². The molecule has 0 spiro atoms. The average molecular weight is 392 g/mol. The van der Waals surface area contributed by atoms with E-state index < -0.39 is 0 Å². The summed E-state index contributed by atoms with van der Waals surface area (Å²) in [7, 11) is 0. The summed E-state index contributed by atoms with van der Waals surface area (Å²) in [6, 6.07) is 21.1. The Kier molecular flexibility index (Phi) is 7.54. The zero-order valence-electron chi connectivity index (χ0n) is 18.1. The highest BCUT2D eigenvalue weighted by Crippen LogP contribution is 2.28. The predicted octanol–water partition coefficient (Wildman–Crippen LogP) is 6.34. The van der Waals surface area contributed by atoms with Crippen molar-refractivity contribution < 1.29 is 9.47 Å². The van der Waals surface area contributed by atoms with E-state index in [1.807, 2.05) is 26.0 Å². The summed E-state index contributed by atoms with van der Waals surface area (Å²) in [4.78, 5) is 0. The van der Waals surface area contributed by atoms with Crippen LogP contribution in [0.1, 0.15) is 45.2 Å². The molecule has 3 aromatic rings. The second-order valence-electron chi connectivity index (χ2n) is 8.21. The molecule has 0 radical (unpaired) electrons. The molecule has 0 bridgehead atoms. The lowest BCUT2D eigenvalue weighted by molar-refractivity contribution is 0.242. The molecule has 0 saturated heterocycles. The molecule has 0 fully saturated rings. The van der Waals surface area contributed by atoms with Crippen LogP contribution < -0.4 is 14.8 Å². The predicted molar refractivity (Wildman–Crippen MR) is 122 cm³/mol. The van der Waals surface area contributed by atoms with Gasteiger partial charge in [-0.3, -0.25) is 0 Å². The van der Waals surface area contributed by atoms with Gasteiger partial charge in [-0.1, -0.05) is 56.3 Å². The highest BCUT2D eigenvalue weighted by Gasteiger charge is 2.09. The Balaban J connectivity index is 1.69. The number of nitrogens with one attached hydrogen (secondary N) is 1. The van der Waals surface area contributed by atoms with Crippen LogP contribution in [0.2, 0.25) is 0 Å². The van der Waals surface area contributed by atoms with Crippen LogP contribution in [0.4, 0.5) is 0 Å². The van der Waals surface area contributed by atoms with Crippen LogP contribution in [0.15, 0.2) is 60.7 Å². The lowest BCUT2D eigenvalue weighted by atomic mass is 10.0. The van der Waals surface area contributed by atoms with Gasteiger partial charge in [-0.25, -0.2) is 0 Å². The first-order valence-electron chi connectivity index (χ1n) is 10.6. The van der Waals surface area contributed by atoms with Crippen molar-refractivity contribution in [2.24, 2.45) is 5.92 Å². The number of hydrogen-bond donors (Lipinski definition) is 1. The van der Waals surface area contributed by atoms with Crippen molar-refractivity contribution in [3.8, 4) is 11.5 Å². The Labute approximate surface area is 175 Å². The monoisotopic (exact) mass is 391 g/mol. The molecule has 3 aromatic carbocycles. The fourth-order valence-corrected chi connectivity index (χ4v) is 3.33. The largest absolute Gasteiger partial charge is 0.493 e. The zero-order chi connectivity index (χ0) is 20.6. The van der Waals surface area contributed by atoms with Gasteiger partial charge in [0, 0.05) is 18.7 Å². The third-order valence-corrected chi connectivity index (χ3v) is 4.88. The van der Waals surface area contributed by atoms with E-state index in [2.05, 4.69) is 67.7 Å². The highest BCUT2D eigenvalue weighted by atomic mass is 16.5. The smallest absolute Gasteiger partial charge is 0.124 e. The molecular formula is C26H33NO2. The number of hydrogen-bond acceptors (Lipinski definition) is 3. The minimum atomic E-state index is 0.194. The van der Waals surface area contributed by atoms with Gasteiger partial charge in [-0.2, -0.15) is 0 Å². The van der Waals surface area contributed by atoms with Gasteiger partial charge in [-0.05, 0) is 60.7 Å². The Hall–Kier alpha value is -2.52. The number of ether oxygens (including phenoxy) is 2. The first kappa shape index (κ1) is 21.2. The Bertz CT molecular complexity index is 900. The second kappa shape index (κ2) is 10.3. The van der Waals surface area contributed by atoms with Gasteiger partial charge in [0.15, 0.2) is 0 Å². The summed E-state index contributed by atoms with van der Waals surface area (Å²) < 4.78 is 11.9. The molecule has 29 heavy (non-hydrogen) atoms. The van der Waals surface area contributed by atoms with Gasteiger partial charge in [0.05, 0.1) is 12.7 Å². The Morgan fingerprint density at radius 3 is 2.31 bits per heavy atom. The summed E-state index contributed by atoms with van der Waals surface area (Å²) in [5.74, 6) is 2.54. The van der Waals surface area contributed by atoms with Crippen LogP contribution in [0.3, 0.4) is 0 Å². The maximum Gasteiger partial charge on any atom is 0.124 e. The first-order chi connectivity index (χ1) is 14.0. The zero-order valence-corrected chi connectivity index (χ0v) is 18.1. The molecule has 0 amide bonds. The molecule has 0 aliphatic carbocycles. The van der Waals surface area contributed by atoms with Crippen LogP contribution in [-0.4, -0.2) is 12.7 Å². The molecule has 3 heteroatoms. The Morgan fingerprint density at radius 1 is 0.828 bits per heavy atom. The van der Waals surface area contributed by atoms with Crippen LogP contribution in [-0.2, 0) is 13.1 Å². The van der Waals surface area contributed by atoms with Crippen molar-refractivity contribution in [2.45, 2.75) is 53.3 Å². The fourth-order valence-electron chi connectivity index (χ4n) is 3.33. The maximum atomic E-state index is 6.15. The molecule has 0 aliphatic heterocycles. The molecule has 0 aliphatic rings. The maximum absolute atomic E-state index is 6.15. The second-order valence-corrected chi connectivity index (χ2v) is 8.21. The van der Waals surface area contributed by atoms with Gasteiger partial charge < -0.3 is 14.8 Å². The molecule has 3 rings (SSSR count). The first-order valence-corrected chi connectivity index (χ1v) is 10.6. The lowest BCUT2D eigenvalue weighted by Gasteiger charge is -2.16. The van der Waals surface area contributed by atoms with Gasteiger partial charge in [-0.15, -0.1) is 0 Å². The van der Waals surface area contributed by atoms with Crippen molar-refractivity contribution in [3.63, 3.8) is 0 Å². The topological polar surface area (TPSA) is 30.5 Å². The normalized spacial score (nSPS) is 11.4. The molecule has 154 valence electrons. The molecule has 3 nitrogen and oxygen atoms in total. The number of benzene rings is 3. The average Bonchev–Trinajstić information content (AvgIpc) is 2.69. The van der Waals surface area contributed by atoms with E-state index in [1.54, 1.807) is 0 Å². The van der Waals surface area contributed by atoms with E-state index in [1.165, 1.54) is 21.9 Å². The van der Waals surface area contributed by atoms with Gasteiger partial charge >= 0.3 is 0 Å². The van der Waals surface area contributed by atoms with E-state index in [0.29, 0.717) is 5.92 Å². The minimum absolute atomic E-state index is 0.194. The van der Waals surface area contributed by atoms with Crippen molar-refractivity contribution in [1.29, 1.82) is 0 Å². The van der Waals surface area contributed by atoms with Crippen molar-refractivity contribution in [2.75, 3.05) is 6.61 Å². The van der Waals surface area contributed by atoms with Crippen molar-refractivity contribution >= 4 is 10.8 Å². The molecule has 0 atom stereocenters. The Morgan fingerprint density at radius 2 is 1.59 bits per heavy atom. The van der Waals surface area contributed by atoms with E-state index in [0.717, 1.165) is 37.6 Å². The minimum Gasteiger partial charge on any atom is -0.493 e. The number of fused-ring (bicyclic) bond motifs is 1. The van der Waals surface area contributed by atoms with E-state index >= 15 is 0 Å². The molecule has 1 N–H and O–H groups in total. The summed E-state index contributed by atoms with van der Waals surface area (Å²) in [6.45, 7) is 10.9. The molecule has 0 aromatic heterocycles. The lowest BCUT2D eigenvalue weighted by Crippen LogP contribution is -2.14. The summed E-state index contributed by atoms with van der Waals surface area (Å²) in [5, 5.41) is 6.09. The molecule has 0 unspecified atom stereocenters. The third kappa shape index (κ3) is 6.23. The van der Waals surface area contributed by atoms with Crippen molar-refractivity contribution in [1.82, 2.24) is 5.32 Å². The summed E-state index contributed by atoms with van der Waals surface area (Å²) in [6.07, 6.45) is 1.25. The standard InChI is InChI=1S/C26H33NO2/c1-19(2)15-16-28-26-14-11-22-7-5-6-8-24(22)25(26)18-27-17-21-9-12-23(13-10-21)29-20(3)4/h5-14,19-20,27H,15-18H2,1-4H3. The summed E-state index contributed by atoms with van der Waals surface area (Å²) in [5.41, 5.74) is 2.47. The number of rotatable bonds is 10. The fraction of sp³-hybridized carbons (Fsp3) is 0.385. The molecule has 0 heterocycles. The van der Waals surface area contributed by atoms with Gasteiger partial charge in [0.1, 0.15) is 11.5 Å². The van der Waals surface area contributed by atoms with E-state index in [-0.39, 0.29) is 6.10 Å². The third-order valence-electron chi connectivity index (χ3n) is 4.88. The SMILES string of the molecule is CC(C)CCOc1ccc2ccccc2c1CNCc1ccc(OC(C)C)cc1. The van der Waals surface area contributed by atoms with E-state index in [9.17, 15) is 0 Å². The van der Waals surface area contributed by atoms with Gasteiger partial charge in [0.25, 0.3) is 0 Å². The van der Waals surface area contributed by atoms with Gasteiger partial charge in [0.2, 0.25) is 0 Å². The highest BCUT2D eigenvalue weighted by molar-refractivity contribution is 5.87. The van der Waals surface area contributed by atoms with Crippen LogP contribution in [0, 0.1) is 5.92 Å². The van der Waals surface area contributed by atoms with Crippen molar-refractivity contribution in [3.05, 3.63) is 71.8 Å². The van der Waals surface area contributed by atoms with Crippen LogP contribution >= 0.6 is 0 Å². The van der Waals surface area contributed by atoms with E-state index in [4.69, 9.17) is 9.47 Å². The summed E-state index contributed by atoms with van der Waals surface area (Å²) >= 11 is 0. The quantitative estimate of drug-likeness (QED) is 0.437.